The van der Waals surface area contributed by atoms with Crippen LogP contribution in [0.3, 0.4) is 0 Å². The highest BCUT2D eigenvalue weighted by atomic mass is 16.5. The van der Waals surface area contributed by atoms with E-state index in [0.29, 0.717) is 26.4 Å². The van der Waals surface area contributed by atoms with Crippen LogP contribution in [-0.2, 0) is 22.7 Å². The van der Waals surface area contributed by atoms with Gasteiger partial charge in [-0.15, -0.1) is 0 Å². The van der Waals surface area contributed by atoms with Crippen molar-refractivity contribution in [3.05, 3.63) is 47.4 Å². The quantitative estimate of drug-likeness (QED) is 0.781. The van der Waals surface area contributed by atoms with Gasteiger partial charge >= 0.3 is 0 Å². The molecule has 0 spiro atoms. The van der Waals surface area contributed by atoms with Gasteiger partial charge in [-0.05, 0) is 38.0 Å². The number of aryl methyl sites for hydroxylation is 1. The fourth-order valence-electron chi connectivity index (χ4n) is 2.13. The summed E-state index contributed by atoms with van der Waals surface area (Å²) in [5.41, 5.74) is 5.21. The van der Waals surface area contributed by atoms with Gasteiger partial charge in [-0.3, -0.25) is 9.97 Å². The summed E-state index contributed by atoms with van der Waals surface area (Å²) in [7, 11) is 0. The molecule has 0 aliphatic rings. The Balaban J connectivity index is 2.31. The Morgan fingerprint density at radius 2 is 1.71 bits per heavy atom. The fourth-order valence-corrected chi connectivity index (χ4v) is 2.13. The molecule has 0 saturated carbocycles. The number of pyridine rings is 2. The first-order chi connectivity index (χ1) is 10.2. The highest BCUT2D eigenvalue weighted by Gasteiger charge is 2.09. The van der Waals surface area contributed by atoms with E-state index in [9.17, 15) is 0 Å². The molecule has 0 atom stereocenters. The minimum Gasteiger partial charge on any atom is -0.377 e. The summed E-state index contributed by atoms with van der Waals surface area (Å²) >= 11 is 0. The predicted octanol–water partition coefficient (Wildman–Crippen LogP) is 3.53. The maximum Gasteiger partial charge on any atom is 0.0772 e. The normalized spacial score (nSPS) is 10.8. The zero-order valence-electron chi connectivity index (χ0n) is 12.9. The molecular formula is C17H22N2O2. The van der Waals surface area contributed by atoms with Gasteiger partial charge in [-0.2, -0.15) is 0 Å². The van der Waals surface area contributed by atoms with E-state index >= 15 is 0 Å². The number of nitrogens with zero attached hydrogens (tertiary/aromatic N) is 2. The smallest absolute Gasteiger partial charge is 0.0772 e. The van der Waals surface area contributed by atoms with E-state index in [1.54, 1.807) is 0 Å². The van der Waals surface area contributed by atoms with E-state index in [0.717, 1.165) is 27.9 Å². The van der Waals surface area contributed by atoms with Crippen molar-refractivity contribution >= 4 is 0 Å². The lowest BCUT2D eigenvalue weighted by Crippen LogP contribution is -2.00. The lowest BCUT2D eigenvalue weighted by Gasteiger charge is -2.11. The third-order valence-electron chi connectivity index (χ3n) is 3.11. The lowest BCUT2D eigenvalue weighted by atomic mass is 10.1. The fraction of sp³-hybridized carbons (Fsp3) is 0.412. The minimum absolute atomic E-state index is 0.566. The zero-order valence-corrected chi connectivity index (χ0v) is 12.9. The van der Waals surface area contributed by atoms with Gasteiger partial charge in [0.1, 0.15) is 0 Å². The molecule has 112 valence electrons. The zero-order chi connectivity index (χ0) is 15.1. The molecule has 2 aromatic heterocycles. The summed E-state index contributed by atoms with van der Waals surface area (Å²) in [6, 6.07) is 4.20. The van der Waals surface area contributed by atoms with Crippen molar-refractivity contribution in [2.75, 3.05) is 13.2 Å². The van der Waals surface area contributed by atoms with Crippen molar-refractivity contribution < 1.29 is 9.47 Å². The third-order valence-corrected chi connectivity index (χ3v) is 3.11. The number of rotatable bonds is 7. The molecule has 2 aromatic rings. The van der Waals surface area contributed by atoms with Gasteiger partial charge in [0.05, 0.1) is 18.9 Å². The maximum absolute atomic E-state index is 5.55. The van der Waals surface area contributed by atoms with Crippen molar-refractivity contribution in [3.63, 3.8) is 0 Å². The Kier molecular flexibility index (Phi) is 5.84. The number of hydrogen-bond acceptors (Lipinski definition) is 4. The molecule has 0 bridgehead atoms. The lowest BCUT2D eigenvalue weighted by molar-refractivity contribution is 0.133. The molecular weight excluding hydrogens is 264 g/mol. The van der Waals surface area contributed by atoms with E-state index < -0.39 is 0 Å². The van der Waals surface area contributed by atoms with Crippen LogP contribution >= 0.6 is 0 Å². The molecule has 0 aliphatic carbocycles. The Morgan fingerprint density at radius 3 is 2.48 bits per heavy atom. The number of aromatic nitrogens is 2. The molecule has 0 radical (unpaired) electrons. The highest BCUT2D eigenvalue weighted by molar-refractivity contribution is 5.62. The van der Waals surface area contributed by atoms with Crippen LogP contribution in [0.4, 0.5) is 0 Å². The second kappa shape index (κ2) is 7.86. The van der Waals surface area contributed by atoms with Crippen molar-refractivity contribution in [2.45, 2.75) is 34.0 Å². The van der Waals surface area contributed by atoms with Crippen LogP contribution in [0.25, 0.3) is 11.3 Å². The first kappa shape index (κ1) is 15.6. The summed E-state index contributed by atoms with van der Waals surface area (Å²) in [5, 5.41) is 0. The van der Waals surface area contributed by atoms with Gasteiger partial charge in [0.2, 0.25) is 0 Å². The van der Waals surface area contributed by atoms with Gasteiger partial charge < -0.3 is 9.47 Å². The summed E-state index contributed by atoms with van der Waals surface area (Å²) in [6.45, 7) is 8.54. The summed E-state index contributed by atoms with van der Waals surface area (Å²) in [4.78, 5) is 8.86. The van der Waals surface area contributed by atoms with Crippen LogP contribution in [0, 0.1) is 6.92 Å². The molecule has 0 unspecified atom stereocenters. The van der Waals surface area contributed by atoms with Crippen molar-refractivity contribution in [1.29, 1.82) is 0 Å². The van der Waals surface area contributed by atoms with E-state index in [1.165, 1.54) is 0 Å². The molecule has 0 amide bonds. The second-order valence-corrected chi connectivity index (χ2v) is 4.88. The minimum atomic E-state index is 0.566. The summed E-state index contributed by atoms with van der Waals surface area (Å²) in [5.74, 6) is 0. The first-order valence-electron chi connectivity index (χ1n) is 7.29. The molecule has 2 heterocycles. The van der Waals surface area contributed by atoms with Gasteiger partial charge in [0, 0.05) is 42.9 Å². The molecule has 0 aliphatic heterocycles. The van der Waals surface area contributed by atoms with E-state index in [-0.39, 0.29) is 0 Å². The van der Waals surface area contributed by atoms with Crippen LogP contribution in [0.15, 0.2) is 30.7 Å². The van der Waals surface area contributed by atoms with Gasteiger partial charge in [0.15, 0.2) is 0 Å². The van der Waals surface area contributed by atoms with Crippen LogP contribution in [-0.4, -0.2) is 23.2 Å². The van der Waals surface area contributed by atoms with Crippen LogP contribution < -0.4 is 0 Å². The molecule has 0 saturated heterocycles. The van der Waals surface area contributed by atoms with Crippen molar-refractivity contribution in [1.82, 2.24) is 9.97 Å². The van der Waals surface area contributed by atoms with E-state index in [4.69, 9.17) is 9.47 Å². The van der Waals surface area contributed by atoms with Gasteiger partial charge in [-0.25, -0.2) is 0 Å². The van der Waals surface area contributed by atoms with Crippen molar-refractivity contribution in [2.24, 2.45) is 0 Å². The molecule has 2 rings (SSSR count). The van der Waals surface area contributed by atoms with Gasteiger partial charge in [0.25, 0.3) is 0 Å². The summed E-state index contributed by atoms with van der Waals surface area (Å²) < 4.78 is 11.0. The van der Waals surface area contributed by atoms with Crippen LogP contribution in [0.5, 0.6) is 0 Å². The predicted molar refractivity (Wildman–Crippen MR) is 82.9 cm³/mol. The van der Waals surface area contributed by atoms with E-state index in [2.05, 4.69) is 22.1 Å². The average molecular weight is 286 g/mol. The van der Waals surface area contributed by atoms with Crippen LogP contribution in [0.2, 0.25) is 0 Å². The molecule has 21 heavy (non-hydrogen) atoms. The maximum atomic E-state index is 5.55. The third kappa shape index (κ3) is 4.34. The molecule has 4 heteroatoms. The first-order valence-corrected chi connectivity index (χ1v) is 7.29. The molecule has 0 aromatic carbocycles. The van der Waals surface area contributed by atoms with Gasteiger partial charge in [-0.1, -0.05) is 6.07 Å². The number of ether oxygens (including phenoxy) is 2. The molecule has 4 nitrogen and oxygen atoms in total. The average Bonchev–Trinajstić information content (AvgIpc) is 2.51. The Morgan fingerprint density at radius 1 is 0.952 bits per heavy atom. The largest absolute Gasteiger partial charge is 0.377 e. The van der Waals surface area contributed by atoms with Crippen LogP contribution in [0.1, 0.15) is 30.5 Å². The monoisotopic (exact) mass is 286 g/mol. The summed E-state index contributed by atoms with van der Waals surface area (Å²) in [6.07, 6.45) is 5.54. The second-order valence-electron chi connectivity index (χ2n) is 4.88. The Labute approximate surface area is 126 Å². The Hall–Kier alpha value is -1.78. The van der Waals surface area contributed by atoms with Crippen molar-refractivity contribution in [3.8, 4) is 11.3 Å². The molecule has 0 N–H and O–H groups in total. The topological polar surface area (TPSA) is 44.2 Å². The Bertz CT molecular complexity index is 585. The van der Waals surface area contributed by atoms with E-state index in [1.807, 2.05) is 39.4 Å². The number of hydrogen-bond donors (Lipinski definition) is 0. The SMILES string of the molecule is CCOCc1cncc(-c2ncc(C)cc2COCC)c1. The standard InChI is InChI=1S/C17H22N2O2/c1-4-20-11-14-7-15(10-18-9-14)17-16(12-21-5-2)6-13(3)8-19-17/h6-10H,4-5,11-12H2,1-3H3. The molecule has 0 fully saturated rings. The highest BCUT2D eigenvalue weighted by Crippen LogP contribution is 2.23.